The van der Waals surface area contributed by atoms with Crippen LogP contribution in [0.2, 0.25) is 0 Å². The summed E-state index contributed by atoms with van der Waals surface area (Å²) in [6.07, 6.45) is -3.75. The monoisotopic (exact) mass is 534 g/mol. The molecular weight excluding hydrogens is 512 g/mol. The van der Waals surface area contributed by atoms with Crippen molar-refractivity contribution in [3.8, 4) is 22.3 Å². The first kappa shape index (κ1) is 27.4. The molecule has 38 heavy (non-hydrogen) atoms. The van der Waals surface area contributed by atoms with Crippen molar-refractivity contribution in [1.82, 2.24) is 0 Å². The van der Waals surface area contributed by atoms with Gasteiger partial charge in [0.25, 0.3) is 0 Å². The van der Waals surface area contributed by atoms with Gasteiger partial charge < -0.3 is 0 Å². The number of halogens is 8. The Morgan fingerprint density at radius 3 is 1.58 bits per heavy atom. The van der Waals surface area contributed by atoms with Crippen molar-refractivity contribution >= 4 is 0 Å². The van der Waals surface area contributed by atoms with Crippen molar-refractivity contribution < 1.29 is 35.1 Å². The van der Waals surface area contributed by atoms with Gasteiger partial charge in [0.2, 0.25) is 0 Å². The number of aryl methyl sites for hydroxylation is 3. The Morgan fingerprint density at radius 1 is 0.526 bits per heavy atom. The minimum absolute atomic E-state index is 0.0505. The fourth-order valence-electron chi connectivity index (χ4n) is 4.39. The summed E-state index contributed by atoms with van der Waals surface area (Å²) in [6, 6.07) is 14.0. The molecule has 198 valence electrons. The highest BCUT2D eigenvalue weighted by atomic mass is 19.4. The molecule has 0 bridgehead atoms. The van der Waals surface area contributed by atoms with Gasteiger partial charge in [0.05, 0.1) is 0 Å². The van der Waals surface area contributed by atoms with E-state index in [1.165, 1.54) is 36.4 Å². The van der Waals surface area contributed by atoms with Gasteiger partial charge in [0.15, 0.2) is 0 Å². The minimum atomic E-state index is -5.17. The first-order valence-electron chi connectivity index (χ1n) is 11.9. The number of alkyl halides is 3. The second kappa shape index (κ2) is 11.0. The van der Waals surface area contributed by atoms with Crippen molar-refractivity contribution in [3.05, 3.63) is 118 Å². The third-order valence-corrected chi connectivity index (χ3v) is 6.28. The third kappa shape index (κ3) is 5.90. The standard InChI is InChI=1S/C30H22F8/c1-2-3-17-5-10-22(25(32)12-17)21-9-11-23(26(33)16-21)20-8-7-19(24(31)15-20)6-4-18-13-27(34)29(28(35)14-18)30(36,37)38/h5,7-16H,2-4,6H2,1H3. The highest BCUT2D eigenvalue weighted by Crippen LogP contribution is 2.35. The van der Waals surface area contributed by atoms with Crippen LogP contribution in [0.4, 0.5) is 35.1 Å². The van der Waals surface area contributed by atoms with Crippen LogP contribution in [-0.2, 0) is 25.4 Å². The Morgan fingerprint density at radius 2 is 1.05 bits per heavy atom. The van der Waals surface area contributed by atoms with E-state index in [1.807, 2.05) is 6.92 Å². The second-order valence-electron chi connectivity index (χ2n) is 9.00. The molecule has 0 aliphatic carbocycles. The van der Waals surface area contributed by atoms with Crippen molar-refractivity contribution in [1.29, 1.82) is 0 Å². The van der Waals surface area contributed by atoms with Gasteiger partial charge in [0, 0.05) is 11.1 Å². The Bertz CT molecular complexity index is 1450. The summed E-state index contributed by atoms with van der Waals surface area (Å²) in [5.74, 6) is -5.33. The van der Waals surface area contributed by atoms with E-state index in [1.54, 1.807) is 12.1 Å². The predicted octanol–water partition coefficient (Wildman–Crippen LogP) is 9.47. The van der Waals surface area contributed by atoms with Crippen LogP contribution < -0.4 is 0 Å². The average molecular weight is 534 g/mol. The molecule has 0 aliphatic heterocycles. The summed E-state index contributed by atoms with van der Waals surface area (Å²) < 4.78 is 110. The molecule has 0 spiro atoms. The van der Waals surface area contributed by atoms with Gasteiger partial charge in [-0.25, -0.2) is 22.0 Å². The van der Waals surface area contributed by atoms with E-state index in [-0.39, 0.29) is 40.7 Å². The van der Waals surface area contributed by atoms with E-state index in [2.05, 4.69) is 0 Å². The van der Waals surface area contributed by atoms with Crippen molar-refractivity contribution in [2.24, 2.45) is 0 Å². The van der Waals surface area contributed by atoms with Gasteiger partial charge in [-0.05, 0) is 77.4 Å². The predicted molar refractivity (Wildman–Crippen MR) is 130 cm³/mol. The maximum atomic E-state index is 15.0. The minimum Gasteiger partial charge on any atom is -0.207 e. The molecule has 4 rings (SSSR count). The van der Waals surface area contributed by atoms with Gasteiger partial charge >= 0.3 is 6.18 Å². The zero-order valence-corrected chi connectivity index (χ0v) is 20.2. The lowest BCUT2D eigenvalue weighted by Gasteiger charge is -2.12. The van der Waals surface area contributed by atoms with Crippen LogP contribution in [0.5, 0.6) is 0 Å². The zero-order chi connectivity index (χ0) is 27.6. The molecule has 0 N–H and O–H groups in total. The molecule has 0 heterocycles. The van der Waals surface area contributed by atoms with Gasteiger partial charge in [-0.3, -0.25) is 0 Å². The quantitative estimate of drug-likeness (QED) is 0.207. The molecule has 0 aromatic heterocycles. The molecule has 0 fully saturated rings. The molecule has 0 aliphatic rings. The Labute approximate surface area is 214 Å². The van der Waals surface area contributed by atoms with Crippen molar-refractivity contribution in [2.75, 3.05) is 0 Å². The third-order valence-electron chi connectivity index (χ3n) is 6.28. The molecule has 4 aromatic rings. The van der Waals surface area contributed by atoms with E-state index in [4.69, 9.17) is 0 Å². The number of hydrogen-bond donors (Lipinski definition) is 0. The van der Waals surface area contributed by atoms with Crippen molar-refractivity contribution in [3.63, 3.8) is 0 Å². The fourth-order valence-corrected chi connectivity index (χ4v) is 4.39. The highest BCUT2D eigenvalue weighted by molar-refractivity contribution is 5.71. The van der Waals surface area contributed by atoms with Crippen LogP contribution in [0.3, 0.4) is 0 Å². The lowest BCUT2D eigenvalue weighted by Crippen LogP contribution is -2.12. The van der Waals surface area contributed by atoms with Crippen LogP contribution in [0.1, 0.15) is 35.6 Å². The van der Waals surface area contributed by atoms with Crippen molar-refractivity contribution in [2.45, 2.75) is 38.8 Å². The van der Waals surface area contributed by atoms with Gasteiger partial charge in [-0.2, -0.15) is 13.2 Å². The number of benzene rings is 4. The number of rotatable bonds is 7. The Balaban J connectivity index is 1.52. The summed E-state index contributed by atoms with van der Waals surface area (Å²) in [7, 11) is 0. The molecule has 0 saturated heterocycles. The molecule has 8 heteroatoms. The SMILES string of the molecule is CCCc1ccc(-c2ccc(-c3ccc(CCc4cc(F)c(C(F)(F)F)c(F)c4)c(F)c3)c(F)c2)c(F)c1. The normalized spacial score (nSPS) is 11.7. The van der Waals surface area contributed by atoms with Crippen LogP contribution in [0.25, 0.3) is 22.3 Å². The fraction of sp³-hybridized carbons (Fsp3) is 0.200. The lowest BCUT2D eigenvalue weighted by molar-refractivity contribution is -0.142. The smallest absolute Gasteiger partial charge is 0.207 e. The Hall–Kier alpha value is -3.68. The summed E-state index contributed by atoms with van der Waals surface area (Å²) in [5.41, 5.74) is -0.160. The molecular formula is C30H22F8. The molecule has 0 amide bonds. The average Bonchev–Trinajstić information content (AvgIpc) is 2.82. The molecule has 0 saturated carbocycles. The van der Waals surface area contributed by atoms with E-state index >= 15 is 0 Å². The first-order chi connectivity index (χ1) is 18.0. The van der Waals surface area contributed by atoms with Gasteiger partial charge in [-0.1, -0.05) is 49.7 Å². The molecule has 4 aromatic carbocycles. The van der Waals surface area contributed by atoms with Crippen LogP contribution >= 0.6 is 0 Å². The highest BCUT2D eigenvalue weighted by Gasteiger charge is 2.37. The topological polar surface area (TPSA) is 0 Å². The maximum absolute atomic E-state index is 15.0. The maximum Gasteiger partial charge on any atom is 0.422 e. The first-order valence-corrected chi connectivity index (χ1v) is 11.9. The van der Waals surface area contributed by atoms with Gasteiger partial charge in [-0.15, -0.1) is 0 Å². The van der Waals surface area contributed by atoms with E-state index < -0.39 is 40.8 Å². The van der Waals surface area contributed by atoms with Gasteiger partial charge in [0.1, 0.15) is 34.6 Å². The molecule has 0 atom stereocenters. The summed E-state index contributed by atoms with van der Waals surface area (Å²) in [4.78, 5) is 0. The van der Waals surface area contributed by atoms with E-state index in [0.717, 1.165) is 24.5 Å². The summed E-state index contributed by atoms with van der Waals surface area (Å²) in [6.45, 7) is 1.98. The van der Waals surface area contributed by atoms with E-state index in [9.17, 15) is 35.1 Å². The van der Waals surface area contributed by atoms with Crippen LogP contribution in [0, 0.1) is 29.1 Å². The Kier molecular flexibility index (Phi) is 7.90. The summed E-state index contributed by atoms with van der Waals surface area (Å²) in [5, 5.41) is 0. The van der Waals surface area contributed by atoms with Crippen LogP contribution in [-0.4, -0.2) is 0 Å². The molecule has 0 unspecified atom stereocenters. The molecule has 0 radical (unpaired) electrons. The zero-order valence-electron chi connectivity index (χ0n) is 20.2. The second-order valence-corrected chi connectivity index (χ2v) is 9.00. The largest absolute Gasteiger partial charge is 0.422 e. The molecule has 0 nitrogen and oxygen atoms in total. The lowest BCUT2D eigenvalue weighted by atomic mass is 9.96. The van der Waals surface area contributed by atoms with E-state index in [0.29, 0.717) is 17.7 Å². The van der Waals surface area contributed by atoms with Crippen LogP contribution in [0.15, 0.2) is 66.7 Å². The summed E-state index contributed by atoms with van der Waals surface area (Å²) >= 11 is 0. The number of hydrogen-bond acceptors (Lipinski definition) is 0.